The van der Waals surface area contributed by atoms with E-state index >= 15 is 0 Å². The maximum absolute atomic E-state index is 9.39. The summed E-state index contributed by atoms with van der Waals surface area (Å²) in [4.78, 5) is 4.47. The van der Waals surface area contributed by atoms with Gasteiger partial charge in [0.05, 0.1) is 24.0 Å². The van der Waals surface area contributed by atoms with E-state index in [1.165, 1.54) is 16.6 Å². The Morgan fingerprint density at radius 1 is 1.30 bits per heavy atom. The summed E-state index contributed by atoms with van der Waals surface area (Å²) in [5.74, 6) is 0. The molecule has 0 saturated carbocycles. The van der Waals surface area contributed by atoms with Crippen molar-refractivity contribution in [2.24, 2.45) is 0 Å². The summed E-state index contributed by atoms with van der Waals surface area (Å²) in [5, 5.41) is 12.8. The molecule has 0 saturated heterocycles. The number of nitrogens with one attached hydrogen (secondary N) is 1. The molecule has 0 radical (unpaired) electrons. The number of rotatable bonds is 7. The smallest absolute Gasteiger partial charge is 0.0958 e. The minimum atomic E-state index is 0.166. The Kier molecular flexibility index (Phi) is 5.15. The summed E-state index contributed by atoms with van der Waals surface area (Å²) >= 11 is 0. The van der Waals surface area contributed by atoms with Crippen LogP contribution in [0, 0.1) is 13.8 Å². The number of nitrogens with zero attached hydrogens (tertiary/aromatic N) is 2. The molecular weight excluding hydrogens is 250 g/mol. The highest BCUT2D eigenvalue weighted by molar-refractivity contribution is 5.77. The predicted octanol–water partition coefficient (Wildman–Crippen LogP) is 2.40. The second kappa shape index (κ2) is 6.86. The van der Waals surface area contributed by atoms with Crippen molar-refractivity contribution >= 4 is 11.0 Å². The third-order valence-electron chi connectivity index (χ3n) is 3.86. The van der Waals surface area contributed by atoms with Crippen LogP contribution in [0.25, 0.3) is 11.0 Å². The summed E-state index contributed by atoms with van der Waals surface area (Å²) < 4.78 is 2.18. The van der Waals surface area contributed by atoms with E-state index < -0.39 is 0 Å². The molecular formula is C16H25N3O. The summed E-state index contributed by atoms with van der Waals surface area (Å²) in [6.45, 7) is 8.39. The lowest BCUT2D eigenvalue weighted by atomic mass is 10.1. The molecule has 20 heavy (non-hydrogen) atoms. The van der Waals surface area contributed by atoms with Crippen LogP contribution < -0.4 is 5.32 Å². The number of imidazole rings is 1. The number of aryl methyl sites for hydroxylation is 3. The molecule has 0 aliphatic rings. The van der Waals surface area contributed by atoms with Crippen molar-refractivity contribution in [1.29, 1.82) is 0 Å². The first-order valence-electron chi connectivity index (χ1n) is 7.42. The van der Waals surface area contributed by atoms with Crippen LogP contribution in [0.1, 0.15) is 30.9 Å². The highest BCUT2D eigenvalue weighted by atomic mass is 16.3. The van der Waals surface area contributed by atoms with Crippen LogP contribution in [0.15, 0.2) is 18.5 Å². The van der Waals surface area contributed by atoms with Crippen LogP contribution in [0.2, 0.25) is 0 Å². The highest BCUT2D eigenvalue weighted by Crippen LogP contribution is 2.18. The van der Waals surface area contributed by atoms with Crippen molar-refractivity contribution in [2.45, 2.75) is 46.2 Å². The number of fused-ring (bicyclic) bond motifs is 1. The van der Waals surface area contributed by atoms with Gasteiger partial charge in [-0.3, -0.25) is 0 Å². The number of aliphatic hydroxyl groups excluding tert-OH is 1. The van der Waals surface area contributed by atoms with Crippen LogP contribution in [-0.2, 0) is 6.54 Å². The van der Waals surface area contributed by atoms with Crippen molar-refractivity contribution in [3.8, 4) is 0 Å². The van der Waals surface area contributed by atoms with Gasteiger partial charge in [-0.25, -0.2) is 4.98 Å². The molecule has 4 heteroatoms. The Morgan fingerprint density at radius 3 is 2.75 bits per heavy atom. The highest BCUT2D eigenvalue weighted by Gasteiger charge is 2.09. The first-order valence-corrected chi connectivity index (χ1v) is 7.42. The lowest BCUT2D eigenvalue weighted by molar-refractivity contribution is 0.232. The van der Waals surface area contributed by atoms with Crippen molar-refractivity contribution in [3.63, 3.8) is 0 Å². The molecule has 1 unspecified atom stereocenters. The van der Waals surface area contributed by atoms with Crippen molar-refractivity contribution < 1.29 is 5.11 Å². The van der Waals surface area contributed by atoms with Gasteiger partial charge in [-0.2, -0.15) is 0 Å². The van der Waals surface area contributed by atoms with Gasteiger partial charge in [0.1, 0.15) is 0 Å². The molecule has 2 rings (SSSR count). The SMILES string of the molecule is CCCNC(CO)CCn1cnc2cc(C)c(C)cc21. The average Bonchev–Trinajstić information content (AvgIpc) is 2.82. The maximum Gasteiger partial charge on any atom is 0.0958 e. The summed E-state index contributed by atoms with van der Waals surface area (Å²) in [6, 6.07) is 4.50. The molecule has 0 amide bonds. The van der Waals surface area contributed by atoms with Gasteiger partial charge in [0.15, 0.2) is 0 Å². The molecule has 0 bridgehead atoms. The Balaban J connectivity index is 2.08. The van der Waals surface area contributed by atoms with Crippen LogP contribution in [0.3, 0.4) is 0 Å². The quantitative estimate of drug-likeness (QED) is 0.816. The van der Waals surface area contributed by atoms with E-state index in [1.807, 2.05) is 6.33 Å². The number of hydrogen-bond donors (Lipinski definition) is 2. The molecule has 0 spiro atoms. The summed E-state index contributed by atoms with van der Waals surface area (Å²) in [7, 11) is 0. The summed E-state index contributed by atoms with van der Waals surface area (Å²) in [6.07, 6.45) is 3.90. The van der Waals surface area contributed by atoms with Gasteiger partial charge in [-0.15, -0.1) is 0 Å². The topological polar surface area (TPSA) is 50.1 Å². The predicted molar refractivity (Wildman–Crippen MR) is 83.0 cm³/mol. The van der Waals surface area contributed by atoms with Gasteiger partial charge < -0.3 is 15.0 Å². The first-order chi connectivity index (χ1) is 9.65. The Labute approximate surface area is 120 Å². The van der Waals surface area contributed by atoms with Crippen LogP contribution in [-0.4, -0.2) is 33.9 Å². The third kappa shape index (κ3) is 3.38. The number of hydrogen-bond acceptors (Lipinski definition) is 3. The maximum atomic E-state index is 9.39. The van der Waals surface area contributed by atoms with E-state index in [0.717, 1.165) is 31.4 Å². The molecule has 2 N–H and O–H groups in total. The molecule has 1 aromatic heterocycles. The number of benzene rings is 1. The van der Waals surface area contributed by atoms with Gasteiger partial charge in [-0.1, -0.05) is 6.92 Å². The van der Waals surface area contributed by atoms with E-state index in [0.29, 0.717) is 0 Å². The van der Waals surface area contributed by atoms with Gasteiger partial charge >= 0.3 is 0 Å². The lowest BCUT2D eigenvalue weighted by Gasteiger charge is -2.16. The zero-order chi connectivity index (χ0) is 14.5. The summed E-state index contributed by atoms with van der Waals surface area (Å²) in [5.41, 5.74) is 4.80. The van der Waals surface area contributed by atoms with Gasteiger partial charge in [0.2, 0.25) is 0 Å². The molecule has 4 nitrogen and oxygen atoms in total. The Hall–Kier alpha value is -1.39. The normalized spacial score (nSPS) is 13.0. The fraction of sp³-hybridized carbons (Fsp3) is 0.562. The largest absolute Gasteiger partial charge is 0.395 e. The first kappa shape index (κ1) is 15.0. The second-order valence-corrected chi connectivity index (χ2v) is 5.49. The van der Waals surface area contributed by atoms with Gasteiger partial charge in [-0.05, 0) is 56.5 Å². The molecule has 1 atom stereocenters. The standard InChI is InChI=1S/C16H25N3O/c1-4-6-17-14(10-20)5-7-19-11-18-15-8-12(2)13(3)9-16(15)19/h8-9,11,14,17,20H,4-7,10H2,1-3H3. The van der Waals surface area contributed by atoms with Crippen LogP contribution in [0.5, 0.6) is 0 Å². The molecule has 0 aliphatic carbocycles. The lowest BCUT2D eigenvalue weighted by Crippen LogP contribution is -2.33. The zero-order valence-electron chi connectivity index (χ0n) is 12.7. The molecule has 0 fully saturated rings. The molecule has 0 aliphatic heterocycles. The molecule has 2 aromatic rings. The fourth-order valence-electron chi connectivity index (χ4n) is 2.39. The third-order valence-corrected chi connectivity index (χ3v) is 3.86. The van der Waals surface area contributed by atoms with E-state index in [9.17, 15) is 5.11 Å². The van der Waals surface area contributed by atoms with Gasteiger partial charge in [0, 0.05) is 12.6 Å². The van der Waals surface area contributed by atoms with Crippen molar-refractivity contribution in [3.05, 3.63) is 29.6 Å². The van der Waals surface area contributed by atoms with E-state index in [4.69, 9.17) is 0 Å². The number of aliphatic hydroxyl groups is 1. The van der Waals surface area contributed by atoms with Crippen LogP contribution in [0.4, 0.5) is 0 Å². The minimum absolute atomic E-state index is 0.166. The molecule has 1 aromatic carbocycles. The van der Waals surface area contributed by atoms with Crippen LogP contribution >= 0.6 is 0 Å². The Bertz CT molecular complexity index is 562. The van der Waals surface area contributed by atoms with E-state index in [-0.39, 0.29) is 12.6 Å². The van der Waals surface area contributed by atoms with Crippen molar-refractivity contribution in [1.82, 2.24) is 14.9 Å². The molecule has 1 heterocycles. The van der Waals surface area contributed by atoms with Gasteiger partial charge in [0.25, 0.3) is 0 Å². The number of aromatic nitrogens is 2. The van der Waals surface area contributed by atoms with E-state index in [2.05, 4.69) is 47.8 Å². The van der Waals surface area contributed by atoms with Crippen molar-refractivity contribution in [2.75, 3.05) is 13.2 Å². The Morgan fingerprint density at radius 2 is 2.05 bits per heavy atom. The average molecular weight is 275 g/mol. The zero-order valence-corrected chi connectivity index (χ0v) is 12.7. The fourth-order valence-corrected chi connectivity index (χ4v) is 2.39. The monoisotopic (exact) mass is 275 g/mol. The second-order valence-electron chi connectivity index (χ2n) is 5.49. The molecule has 110 valence electrons. The minimum Gasteiger partial charge on any atom is -0.395 e. The van der Waals surface area contributed by atoms with E-state index in [1.54, 1.807) is 0 Å².